The number of fused-ring (bicyclic) bond motifs is 2. The van der Waals surface area contributed by atoms with Crippen molar-refractivity contribution < 1.29 is 28.5 Å². The van der Waals surface area contributed by atoms with E-state index in [1.54, 1.807) is 19.9 Å². The largest absolute Gasteiger partial charge is 0.507 e. The number of phenolic OH excluding ortho intramolecular Hbond substituents is 1. The number of carbonyl (C=O) groups is 1. The molecule has 1 aromatic carbocycles. The average Bonchev–Trinajstić information content (AvgIpc) is 3.37. The molecule has 0 bridgehead atoms. The van der Waals surface area contributed by atoms with Crippen LogP contribution in [0.5, 0.6) is 11.5 Å². The first kappa shape index (κ1) is 21.3. The predicted molar refractivity (Wildman–Crippen MR) is 116 cm³/mol. The number of aryl methyl sites for hydroxylation is 1. The molecule has 3 aliphatic heterocycles. The van der Waals surface area contributed by atoms with Gasteiger partial charge in [0.15, 0.2) is 11.0 Å². The van der Waals surface area contributed by atoms with Crippen LogP contribution in [0.4, 0.5) is 0 Å². The number of ether oxygens (including phenoxy) is 3. The Bertz CT molecular complexity index is 1150. The van der Waals surface area contributed by atoms with Gasteiger partial charge in [-0.25, -0.2) is 4.79 Å². The number of hydrogen-bond donors (Lipinski definition) is 2. The number of carbonyl (C=O) groups excluding carboxylic acids is 1. The summed E-state index contributed by atoms with van der Waals surface area (Å²) in [7, 11) is 0. The van der Waals surface area contributed by atoms with Crippen molar-refractivity contribution in [1.82, 2.24) is 5.32 Å². The monoisotopic (exact) mass is 443 g/mol. The molecule has 2 aromatic rings. The molecule has 8 nitrogen and oxygen atoms in total. The Kier molecular flexibility index (Phi) is 4.80. The molecule has 0 unspecified atom stereocenters. The second-order valence-corrected chi connectivity index (χ2v) is 9.57. The Morgan fingerprint density at radius 1 is 1.25 bits per heavy atom. The molecule has 2 N–H and O–H groups in total. The molecule has 4 heterocycles. The van der Waals surface area contributed by atoms with E-state index in [9.17, 15) is 14.7 Å². The minimum absolute atomic E-state index is 0.111. The molecule has 1 aromatic heterocycles. The third kappa shape index (κ3) is 3.19. The van der Waals surface area contributed by atoms with E-state index in [0.29, 0.717) is 17.1 Å². The Labute approximate surface area is 185 Å². The zero-order chi connectivity index (χ0) is 22.8. The van der Waals surface area contributed by atoms with Crippen LogP contribution in [0.3, 0.4) is 0 Å². The van der Waals surface area contributed by atoms with Gasteiger partial charge in [-0.3, -0.25) is 4.79 Å². The van der Waals surface area contributed by atoms with Gasteiger partial charge < -0.3 is 29.1 Å². The highest BCUT2D eigenvalue weighted by Gasteiger charge is 2.59. The van der Waals surface area contributed by atoms with Gasteiger partial charge in [-0.05, 0) is 53.6 Å². The van der Waals surface area contributed by atoms with E-state index in [4.69, 9.17) is 18.6 Å². The summed E-state index contributed by atoms with van der Waals surface area (Å²) in [6.07, 6.45) is 1.14. The van der Waals surface area contributed by atoms with E-state index in [2.05, 4.69) is 5.32 Å². The molecule has 8 heteroatoms. The summed E-state index contributed by atoms with van der Waals surface area (Å²) in [4.78, 5) is 25.5. The van der Waals surface area contributed by atoms with Crippen LogP contribution in [0.1, 0.15) is 44.9 Å². The van der Waals surface area contributed by atoms with Gasteiger partial charge >= 0.3 is 5.97 Å². The number of hydrogen-bond acceptors (Lipinski definition) is 8. The van der Waals surface area contributed by atoms with Crippen LogP contribution >= 0.6 is 0 Å². The van der Waals surface area contributed by atoms with Crippen LogP contribution < -0.4 is 15.5 Å². The highest BCUT2D eigenvalue weighted by atomic mass is 16.7. The summed E-state index contributed by atoms with van der Waals surface area (Å²) in [6, 6.07) is 3.02. The van der Waals surface area contributed by atoms with Crippen LogP contribution in [0, 0.1) is 12.8 Å². The lowest BCUT2D eigenvalue weighted by atomic mass is 9.75. The second kappa shape index (κ2) is 7.22. The van der Waals surface area contributed by atoms with E-state index in [1.165, 1.54) is 6.07 Å². The van der Waals surface area contributed by atoms with Gasteiger partial charge in [0.25, 0.3) is 0 Å². The summed E-state index contributed by atoms with van der Waals surface area (Å²) in [6.45, 7) is 8.92. The first-order valence-electron chi connectivity index (χ1n) is 11.2. The predicted octanol–water partition coefficient (Wildman–Crippen LogP) is 2.59. The topological polar surface area (TPSA) is 111 Å². The molecule has 4 atom stereocenters. The molecular weight excluding hydrogens is 414 g/mol. The van der Waals surface area contributed by atoms with Crippen LogP contribution in [-0.2, 0) is 20.7 Å². The van der Waals surface area contributed by atoms with Crippen LogP contribution in [0.15, 0.2) is 21.3 Å². The first-order valence-corrected chi connectivity index (χ1v) is 11.2. The lowest BCUT2D eigenvalue weighted by Crippen LogP contribution is -2.58. The maximum Gasteiger partial charge on any atom is 0.341 e. The van der Waals surface area contributed by atoms with Crippen molar-refractivity contribution in [2.45, 2.75) is 70.4 Å². The molecular formula is C24H29NO7. The van der Waals surface area contributed by atoms with Gasteiger partial charge in [-0.2, -0.15) is 0 Å². The molecule has 0 aliphatic carbocycles. The van der Waals surface area contributed by atoms with Crippen molar-refractivity contribution in [3.8, 4) is 11.5 Å². The van der Waals surface area contributed by atoms with Crippen LogP contribution in [0.2, 0.25) is 0 Å². The number of nitrogens with one attached hydrogen (secondary N) is 1. The van der Waals surface area contributed by atoms with Gasteiger partial charge in [-0.15, -0.1) is 0 Å². The van der Waals surface area contributed by atoms with Gasteiger partial charge in [0.05, 0.1) is 6.10 Å². The maximum absolute atomic E-state index is 12.9. The summed E-state index contributed by atoms with van der Waals surface area (Å²) >= 11 is 0. The number of esters is 1. The number of epoxide rings is 1. The van der Waals surface area contributed by atoms with Gasteiger partial charge in [0, 0.05) is 30.0 Å². The molecule has 3 aliphatic rings. The van der Waals surface area contributed by atoms with E-state index < -0.39 is 23.3 Å². The average molecular weight is 443 g/mol. The first-order chi connectivity index (χ1) is 15.1. The number of phenols is 1. The fraction of sp³-hybridized carbons (Fsp3) is 0.583. The quantitative estimate of drug-likeness (QED) is 0.550. The molecule has 0 amide bonds. The summed E-state index contributed by atoms with van der Waals surface area (Å²) < 4.78 is 23.7. The summed E-state index contributed by atoms with van der Waals surface area (Å²) in [5, 5.41) is 14.5. The Morgan fingerprint density at radius 2 is 1.94 bits per heavy atom. The van der Waals surface area contributed by atoms with Gasteiger partial charge in [0.2, 0.25) is 0 Å². The van der Waals surface area contributed by atoms with Crippen LogP contribution in [0.25, 0.3) is 11.0 Å². The lowest BCUT2D eigenvalue weighted by Gasteiger charge is -2.47. The number of aromatic hydroxyl groups is 1. The molecule has 2 saturated heterocycles. The van der Waals surface area contributed by atoms with Crippen molar-refractivity contribution >= 4 is 16.9 Å². The maximum atomic E-state index is 12.9. The second-order valence-electron chi connectivity index (χ2n) is 9.57. The third-order valence-electron chi connectivity index (χ3n) is 7.48. The normalized spacial score (nSPS) is 32.2. The van der Waals surface area contributed by atoms with E-state index in [1.807, 2.05) is 13.8 Å². The van der Waals surface area contributed by atoms with Crippen LogP contribution in [-0.4, -0.2) is 47.6 Å². The Balaban J connectivity index is 1.59. The minimum Gasteiger partial charge on any atom is -0.507 e. The van der Waals surface area contributed by atoms with E-state index >= 15 is 0 Å². The zero-order valence-corrected chi connectivity index (χ0v) is 18.8. The standard InChI is InChI=1S/C24H29NO7/c1-12-9-16(26)20-18(29-12)11-17-15(21(20)27)10-19(30-22(28)23(3)13(2)31-23)24(4,32-17)14-5-7-25-8-6-14/h9,11,13-14,19,25,27H,5-8,10H2,1-4H3/t13-,19-,23-,24+/m1/s1. The highest BCUT2D eigenvalue weighted by molar-refractivity contribution is 5.87. The molecule has 5 rings (SSSR count). The number of benzene rings is 1. The Hall–Kier alpha value is -2.58. The fourth-order valence-electron chi connectivity index (χ4n) is 5.11. The smallest absolute Gasteiger partial charge is 0.341 e. The van der Waals surface area contributed by atoms with Crippen molar-refractivity contribution in [2.75, 3.05) is 13.1 Å². The van der Waals surface area contributed by atoms with E-state index in [0.717, 1.165) is 25.9 Å². The molecule has 0 radical (unpaired) electrons. The van der Waals surface area contributed by atoms with Crippen molar-refractivity contribution in [3.63, 3.8) is 0 Å². The summed E-state index contributed by atoms with van der Waals surface area (Å²) in [5.41, 5.74) is -1.35. The zero-order valence-electron chi connectivity index (χ0n) is 18.8. The third-order valence-corrected chi connectivity index (χ3v) is 7.48. The van der Waals surface area contributed by atoms with Crippen molar-refractivity contribution in [2.24, 2.45) is 5.92 Å². The van der Waals surface area contributed by atoms with E-state index in [-0.39, 0.29) is 40.6 Å². The van der Waals surface area contributed by atoms with Crippen molar-refractivity contribution in [3.05, 3.63) is 33.7 Å². The molecule has 32 heavy (non-hydrogen) atoms. The Morgan fingerprint density at radius 3 is 2.59 bits per heavy atom. The summed E-state index contributed by atoms with van der Waals surface area (Å²) in [5.74, 6) is 0.443. The minimum atomic E-state index is -0.959. The molecule has 172 valence electrons. The molecule has 2 fully saturated rings. The highest BCUT2D eigenvalue weighted by Crippen LogP contribution is 2.47. The van der Waals surface area contributed by atoms with Crippen molar-refractivity contribution in [1.29, 1.82) is 0 Å². The van der Waals surface area contributed by atoms with Gasteiger partial charge in [-0.1, -0.05) is 0 Å². The number of rotatable bonds is 3. The molecule has 0 saturated carbocycles. The van der Waals surface area contributed by atoms with Gasteiger partial charge in [0.1, 0.15) is 39.9 Å². The fourth-order valence-corrected chi connectivity index (χ4v) is 5.11. The lowest BCUT2D eigenvalue weighted by molar-refractivity contribution is -0.175. The SMILES string of the molecule is Cc1cc(=O)c2c(O)c3c(cc2o1)O[C@@](C)(C1CCNCC1)[C@H](OC(=O)[C@]1(C)O[C@@H]1C)C3. The number of piperidine rings is 1. The molecule has 0 spiro atoms.